The molecule has 4 aromatic rings. The van der Waals surface area contributed by atoms with Crippen LogP contribution in [0.25, 0.3) is 32.7 Å². The summed E-state index contributed by atoms with van der Waals surface area (Å²) in [6, 6.07) is 14.3. The molecule has 126 valence electrons. The summed E-state index contributed by atoms with van der Waals surface area (Å²) in [5.74, 6) is 2.61. The molecule has 25 heavy (non-hydrogen) atoms. The number of carbonyl (C=O) groups is 1. The minimum Gasteiger partial charge on any atom is -0.461 e. The number of fused-ring (bicyclic) bond motifs is 1. The topological polar surface area (TPSA) is 43.4 Å². The molecular formula is C21H18O3S. The van der Waals surface area contributed by atoms with Crippen molar-refractivity contribution in [1.29, 1.82) is 0 Å². The van der Waals surface area contributed by atoms with Crippen LogP contribution in [0.5, 0.6) is 0 Å². The molecule has 4 rings (SSSR count). The highest BCUT2D eigenvalue weighted by Gasteiger charge is 2.19. The van der Waals surface area contributed by atoms with Crippen LogP contribution < -0.4 is 0 Å². The molecule has 3 aromatic heterocycles. The lowest BCUT2D eigenvalue weighted by atomic mass is 10.0. The monoisotopic (exact) mass is 350 g/mol. The van der Waals surface area contributed by atoms with Gasteiger partial charge in [0.25, 0.3) is 0 Å². The van der Waals surface area contributed by atoms with Crippen molar-refractivity contribution in [3.8, 4) is 21.8 Å². The van der Waals surface area contributed by atoms with Gasteiger partial charge in [0.2, 0.25) is 0 Å². The van der Waals surface area contributed by atoms with Gasteiger partial charge in [0.1, 0.15) is 28.6 Å². The summed E-state index contributed by atoms with van der Waals surface area (Å²) < 4.78 is 11.9. The van der Waals surface area contributed by atoms with Crippen molar-refractivity contribution in [3.63, 3.8) is 0 Å². The van der Waals surface area contributed by atoms with Crippen LogP contribution in [0.15, 0.2) is 56.7 Å². The highest BCUT2D eigenvalue weighted by atomic mass is 32.1. The molecule has 0 bridgehead atoms. The first-order valence-electron chi connectivity index (χ1n) is 8.27. The maximum Gasteiger partial charge on any atom is 0.138 e. The molecule has 0 saturated carbocycles. The SMILES string of the molecule is CC(=O)CCc1oc2ccc(-c3cccs3)cc2c1-c1ccc(C)o1. The molecular weight excluding hydrogens is 332 g/mol. The molecule has 4 heteroatoms. The van der Waals surface area contributed by atoms with Crippen molar-refractivity contribution >= 4 is 28.1 Å². The molecule has 3 nitrogen and oxygen atoms in total. The Morgan fingerprint density at radius 2 is 2.00 bits per heavy atom. The molecule has 3 heterocycles. The van der Waals surface area contributed by atoms with Gasteiger partial charge in [-0.05, 0) is 61.2 Å². The third-order valence-corrected chi connectivity index (χ3v) is 5.18. The van der Waals surface area contributed by atoms with Crippen LogP contribution in [0.1, 0.15) is 24.9 Å². The Kier molecular flexibility index (Phi) is 4.06. The minimum absolute atomic E-state index is 0.154. The third kappa shape index (κ3) is 3.05. The number of rotatable bonds is 5. The van der Waals surface area contributed by atoms with E-state index in [0.29, 0.717) is 12.8 Å². The predicted molar refractivity (Wildman–Crippen MR) is 101 cm³/mol. The number of Topliss-reactive ketones (excluding diaryl/α,β-unsaturated/α-hetero) is 1. The summed E-state index contributed by atoms with van der Waals surface area (Å²) in [7, 11) is 0. The van der Waals surface area contributed by atoms with Gasteiger partial charge in [-0.15, -0.1) is 11.3 Å². The van der Waals surface area contributed by atoms with Crippen LogP contribution in [0.3, 0.4) is 0 Å². The number of thiophene rings is 1. The lowest BCUT2D eigenvalue weighted by Gasteiger charge is -2.01. The van der Waals surface area contributed by atoms with Crippen molar-refractivity contribution < 1.29 is 13.6 Å². The summed E-state index contributed by atoms with van der Waals surface area (Å²) in [6.45, 7) is 3.53. The number of benzene rings is 1. The van der Waals surface area contributed by atoms with Gasteiger partial charge in [0.15, 0.2) is 0 Å². The maximum absolute atomic E-state index is 11.4. The van der Waals surface area contributed by atoms with E-state index in [-0.39, 0.29) is 5.78 Å². The van der Waals surface area contributed by atoms with Crippen molar-refractivity contribution in [2.24, 2.45) is 0 Å². The molecule has 0 fully saturated rings. The first-order chi connectivity index (χ1) is 12.1. The Morgan fingerprint density at radius 3 is 2.68 bits per heavy atom. The van der Waals surface area contributed by atoms with Crippen LogP contribution in [0.2, 0.25) is 0 Å². The molecule has 0 N–H and O–H groups in total. The van der Waals surface area contributed by atoms with E-state index < -0.39 is 0 Å². The Labute approximate surface area is 149 Å². The van der Waals surface area contributed by atoms with Crippen LogP contribution >= 0.6 is 11.3 Å². The molecule has 0 aliphatic heterocycles. The molecule has 0 atom stereocenters. The smallest absolute Gasteiger partial charge is 0.138 e. The fourth-order valence-corrected chi connectivity index (χ4v) is 3.77. The Hall–Kier alpha value is -2.59. The normalized spacial score (nSPS) is 11.3. The maximum atomic E-state index is 11.4. The van der Waals surface area contributed by atoms with Crippen molar-refractivity contribution in [1.82, 2.24) is 0 Å². The molecule has 0 amide bonds. The first kappa shape index (κ1) is 15.9. The molecule has 0 aliphatic rings. The van der Waals surface area contributed by atoms with E-state index in [2.05, 4.69) is 29.6 Å². The van der Waals surface area contributed by atoms with E-state index in [0.717, 1.165) is 39.4 Å². The van der Waals surface area contributed by atoms with E-state index in [9.17, 15) is 4.79 Å². The van der Waals surface area contributed by atoms with Gasteiger partial charge < -0.3 is 13.6 Å². The van der Waals surface area contributed by atoms with Gasteiger partial charge >= 0.3 is 0 Å². The Balaban J connectivity index is 1.90. The van der Waals surface area contributed by atoms with E-state index in [4.69, 9.17) is 8.83 Å². The van der Waals surface area contributed by atoms with E-state index in [1.807, 2.05) is 25.1 Å². The van der Waals surface area contributed by atoms with Crippen molar-refractivity contribution in [2.75, 3.05) is 0 Å². The number of carbonyl (C=O) groups excluding carboxylic acids is 1. The Bertz CT molecular complexity index is 1030. The summed E-state index contributed by atoms with van der Waals surface area (Å²) in [5, 5.41) is 3.10. The van der Waals surface area contributed by atoms with Gasteiger partial charge in [-0.3, -0.25) is 0 Å². The van der Waals surface area contributed by atoms with Crippen LogP contribution in [-0.2, 0) is 11.2 Å². The average Bonchev–Trinajstić information content (AvgIpc) is 3.31. The minimum atomic E-state index is 0.154. The summed E-state index contributed by atoms with van der Waals surface area (Å²) in [4.78, 5) is 12.6. The van der Waals surface area contributed by atoms with Gasteiger partial charge in [-0.1, -0.05) is 6.07 Å². The third-order valence-electron chi connectivity index (χ3n) is 4.26. The molecule has 0 radical (unpaired) electrons. The van der Waals surface area contributed by atoms with Crippen molar-refractivity contribution in [3.05, 3.63) is 59.4 Å². The lowest BCUT2D eigenvalue weighted by molar-refractivity contribution is -0.117. The number of furan rings is 2. The summed E-state index contributed by atoms with van der Waals surface area (Å²) >= 11 is 1.71. The molecule has 0 spiro atoms. The largest absolute Gasteiger partial charge is 0.461 e. The van der Waals surface area contributed by atoms with Gasteiger partial charge in [-0.25, -0.2) is 0 Å². The van der Waals surface area contributed by atoms with Crippen LogP contribution in [-0.4, -0.2) is 5.78 Å². The highest BCUT2D eigenvalue weighted by Crippen LogP contribution is 2.39. The Morgan fingerprint density at radius 1 is 1.12 bits per heavy atom. The fourth-order valence-electron chi connectivity index (χ4n) is 3.05. The zero-order chi connectivity index (χ0) is 17.4. The second-order valence-electron chi connectivity index (χ2n) is 6.20. The summed E-state index contributed by atoms with van der Waals surface area (Å²) in [6.07, 6.45) is 1.04. The van der Waals surface area contributed by atoms with Gasteiger partial charge in [0.05, 0.1) is 5.56 Å². The molecule has 0 saturated heterocycles. The molecule has 0 unspecified atom stereocenters. The van der Waals surface area contributed by atoms with Crippen LogP contribution in [0, 0.1) is 6.92 Å². The molecule has 0 aliphatic carbocycles. The number of aryl methyl sites for hydroxylation is 2. The number of hydrogen-bond acceptors (Lipinski definition) is 4. The number of ketones is 1. The van der Waals surface area contributed by atoms with Gasteiger partial charge in [-0.2, -0.15) is 0 Å². The quantitative estimate of drug-likeness (QED) is 0.427. The van der Waals surface area contributed by atoms with Crippen LogP contribution in [0.4, 0.5) is 0 Å². The zero-order valence-corrected chi connectivity index (χ0v) is 15.0. The average molecular weight is 350 g/mol. The second kappa shape index (κ2) is 6.37. The highest BCUT2D eigenvalue weighted by molar-refractivity contribution is 7.13. The second-order valence-corrected chi connectivity index (χ2v) is 7.15. The lowest BCUT2D eigenvalue weighted by Crippen LogP contribution is -1.94. The fraction of sp³-hybridized carbons (Fsp3) is 0.190. The van der Waals surface area contributed by atoms with E-state index in [1.54, 1.807) is 18.3 Å². The predicted octanol–water partition coefficient (Wildman–Crippen LogP) is 6.25. The van der Waals surface area contributed by atoms with E-state index in [1.165, 1.54) is 4.88 Å². The van der Waals surface area contributed by atoms with E-state index >= 15 is 0 Å². The van der Waals surface area contributed by atoms with Gasteiger partial charge in [0, 0.05) is 23.1 Å². The van der Waals surface area contributed by atoms with Crippen molar-refractivity contribution in [2.45, 2.75) is 26.7 Å². The standard InChI is InChI=1S/C21H18O3S/c1-13(22)5-8-19-21(18-9-6-14(2)23-18)16-12-15(7-10-17(16)24-19)20-4-3-11-25-20/h3-4,6-7,9-12H,5,8H2,1-2H3. The first-order valence-corrected chi connectivity index (χ1v) is 9.15. The number of hydrogen-bond donors (Lipinski definition) is 0. The molecule has 1 aromatic carbocycles. The zero-order valence-electron chi connectivity index (χ0n) is 14.2. The summed E-state index contributed by atoms with van der Waals surface area (Å²) in [5.41, 5.74) is 2.94.